The van der Waals surface area contributed by atoms with Gasteiger partial charge in [0.25, 0.3) is 0 Å². The SMILES string of the molecule is CNCCC(O)C(O)c1cc(OC)ccc1O. The molecule has 5 nitrogen and oxygen atoms in total. The molecule has 0 saturated carbocycles. The number of aliphatic hydroxyl groups is 2. The van der Waals surface area contributed by atoms with Crippen LogP contribution in [0.25, 0.3) is 0 Å². The van der Waals surface area contributed by atoms with Crippen LogP contribution in [-0.4, -0.2) is 42.1 Å². The molecule has 0 aliphatic heterocycles. The summed E-state index contributed by atoms with van der Waals surface area (Å²) < 4.78 is 5.00. The Morgan fingerprint density at radius 2 is 2.06 bits per heavy atom. The zero-order valence-corrected chi connectivity index (χ0v) is 10.1. The highest BCUT2D eigenvalue weighted by Crippen LogP contribution is 2.30. The molecule has 0 aliphatic carbocycles. The maximum Gasteiger partial charge on any atom is 0.121 e. The fourth-order valence-corrected chi connectivity index (χ4v) is 1.55. The lowest BCUT2D eigenvalue weighted by Gasteiger charge is -2.19. The third-order valence-electron chi connectivity index (χ3n) is 2.61. The molecule has 0 amide bonds. The minimum absolute atomic E-state index is 0.0539. The van der Waals surface area contributed by atoms with Gasteiger partial charge < -0.3 is 25.4 Å². The number of phenols is 1. The topological polar surface area (TPSA) is 82.0 Å². The van der Waals surface area contributed by atoms with E-state index in [9.17, 15) is 15.3 Å². The Bertz CT molecular complexity index is 356. The van der Waals surface area contributed by atoms with Gasteiger partial charge in [-0.25, -0.2) is 0 Å². The molecule has 2 atom stereocenters. The van der Waals surface area contributed by atoms with Crippen LogP contribution < -0.4 is 10.1 Å². The highest BCUT2D eigenvalue weighted by molar-refractivity contribution is 5.41. The van der Waals surface area contributed by atoms with Gasteiger partial charge in [0.2, 0.25) is 0 Å². The number of methoxy groups -OCH3 is 1. The van der Waals surface area contributed by atoms with Gasteiger partial charge in [-0.05, 0) is 38.2 Å². The summed E-state index contributed by atoms with van der Waals surface area (Å²) in [5.41, 5.74) is 0.271. The number of hydrogen-bond donors (Lipinski definition) is 4. The molecule has 1 aromatic rings. The highest BCUT2D eigenvalue weighted by Gasteiger charge is 2.21. The molecule has 0 radical (unpaired) electrons. The van der Waals surface area contributed by atoms with Crippen LogP contribution in [0.1, 0.15) is 18.1 Å². The summed E-state index contributed by atoms with van der Waals surface area (Å²) in [6.45, 7) is 0.586. The van der Waals surface area contributed by atoms with E-state index in [4.69, 9.17) is 4.74 Å². The lowest BCUT2D eigenvalue weighted by molar-refractivity contribution is 0.0126. The van der Waals surface area contributed by atoms with Crippen LogP contribution in [0.5, 0.6) is 11.5 Å². The molecule has 0 spiro atoms. The molecule has 4 N–H and O–H groups in total. The van der Waals surface area contributed by atoms with Crippen molar-refractivity contribution in [3.05, 3.63) is 23.8 Å². The van der Waals surface area contributed by atoms with Gasteiger partial charge in [0, 0.05) is 5.56 Å². The summed E-state index contributed by atoms with van der Waals surface area (Å²) in [5.74, 6) is 0.472. The number of aromatic hydroxyl groups is 1. The summed E-state index contributed by atoms with van der Waals surface area (Å²) >= 11 is 0. The van der Waals surface area contributed by atoms with E-state index in [0.29, 0.717) is 18.7 Å². The van der Waals surface area contributed by atoms with Crippen molar-refractivity contribution in [2.24, 2.45) is 0 Å². The second kappa shape index (κ2) is 6.44. The van der Waals surface area contributed by atoms with Crippen LogP contribution in [0.4, 0.5) is 0 Å². The molecule has 1 aromatic carbocycles. The quantitative estimate of drug-likeness (QED) is 0.580. The summed E-state index contributed by atoms with van der Waals surface area (Å²) in [7, 11) is 3.27. The monoisotopic (exact) mass is 241 g/mol. The van der Waals surface area contributed by atoms with Crippen molar-refractivity contribution in [1.29, 1.82) is 0 Å². The first kappa shape index (κ1) is 13.8. The van der Waals surface area contributed by atoms with Gasteiger partial charge in [0.15, 0.2) is 0 Å². The van der Waals surface area contributed by atoms with Crippen molar-refractivity contribution in [3.8, 4) is 11.5 Å². The lowest BCUT2D eigenvalue weighted by atomic mass is 10.0. The summed E-state index contributed by atoms with van der Waals surface area (Å²) in [4.78, 5) is 0. The smallest absolute Gasteiger partial charge is 0.121 e. The first-order chi connectivity index (χ1) is 8.10. The predicted octanol–water partition coefficient (Wildman–Crippen LogP) is 0.405. The zero-order valence-electron chi connectivity index (χ0n) is 10.1. The highest BCUT2D eigenvalue weighted by atomic mass is 16.5. The van der Waals surface area contributed by atoms with E-state index in [1.54, 1.807) is 13.1 Å². The molecule has 0 saturated heterocycles. The van der Waals surface area contributed by atoms with E-state index in [1.807, 2.05) is 0 Å². The van der Waals surface area contributed by atoms with Crippen LogP contribution in [0, 0.1) is 0 Å². The van der Waals surface area contributed by atoms with Crippen molar-refractivity contribution in [2.45, 2.75) is 18.6 Å². The standard InChI is InChI=1S/C12H19NO4/c1-13-6-5-11(15)12(16)9-7-8(17-2)3-4-10(9)14/h3-4,7,11-16H,5-6H2,1-2H3. The molecule has 0 aliphatic rings. The fourth-order valence-electron chi connectivity index (χ4n) is 1.55. The van der Waals surface area contributed by atoms with E-state index < -0.39 is 12.2 Å². The largest absolute Gasteiger partial charge is 0.508 e. The van der Waals surface area contributed by atoms with E-state index in [0.717, 1.165) is 0 Å². The molecular formula is C12H19NO4. The van der Waals surface area contributed by atoms with E-state index in [-0.39, 0.29) is 11.3 Å². The Kier molecular flexibility index (Phi) is 5.21. The summed E-state index contributed by atoms with van der Waals surface area (Å²) in [6, 6.07) is 4.54. The predicted molar refractivity (Wildman–Crippen MR) is 64.2 cm³/mol. The number of ether oxygens (including phenoxy) is 1. The van der Waals surface area contributed by atoms with Crippen molar-refractivity contribution in [1.82, 2.24) is 5.32 Å². The number of nitrogens with one attached hydrogen (secondary N) is 1. The Labute approximate surface area is 101 Å². The van der Waals surface area contributed by atoms with E-state index in [1.165, 1.54) is 19.2 Å². The van der Waals surface area contributed by atoms with E-state index >= 15 is 0 Å². The fraction of sp³-hybridized carbons (Fsp3) is 0.500. The number of aliphatic hydroxyl groups excluding tert-OH is 2. The van der Waals surface area contributed by atoms with Crippen molar-refractivity contribution < 1.29 is 20.1 Å². The van der Waals surface area contributed by atoms with Gasteiger partial charge in [0.1, 0.15) is 17.6 Å². The Morgan fingerprint density at radius 1 is 1.35 bits per heavy atom. The molecule has 5 heteroatoms. The molecule has 1 rings (SSSR count). The summed E-state index contributed by atoms with van der Waals surface area (Å²) in [6.07, 6.45) is -1.66. The molecule has 0 heterocycles. The van der Waals surface area contributed by atoms with Crippen LogP contribution in [0.2, 0.25) is 0 Å². The van der Waals surface area contributed by atoms with Crippen LogP contribution in [0.3, 0.4) is 0 Å². The number of rotatable bonds is 6. The van der Waals surface area contributed by atoms with Gasteiger partial charge in [0.05, 0.1) is 13.2 Å². The minimum atomic E-state index is -1.13. The average Bonchev–Trinajstić information content (AvgIpc) is 2.35. The second-order valence-corrected chi connectivity index (χ2v) is 3.83. The number of phenolic OH excluding ortho intramolecular Hbond substituents is 1. The summed E-state index contributed by atoms with van der Waals surface area (Å²) in [5, 5.41) is 32.2. The molecule has 96 valence electrons. The Balaban J connectivity index is 2.82. The maximum absolute atomic E-state index is 9.92. The normalized spacial score (nSPS) is 14.4. The van der Waals surface area contributed by atoms with Gasteiger partial charge in [-0.1, -0.05) is 0 Å². The Morgan fingerprint density at radius 3 is 2.65 bits per heavy atom. The molecule has 17 heavy (non-hydrogen) atoms. The third-order valence-corrected chi connectivity index (χ3v) is 2.61. The number of hydrogen-bond acceptors (Lipinski definition) is 5. The first-order valence-corrected chi connectivity index (χ1v) is 5.47. The van der Waals surface area contributed by atoms with Gasteiger partial charge in [-0.3, -0.25) is 0 Å². The minimum Gasteiger partial charge on any atom is -0.508 e. The van der Waals surface area contributed by atoms with Gasteiger partial charge in [-0.15, -0.1) is 0 Å². The zero-order chi connectivity index (χ0) is 12.8. The van der Waals surface area contributed by atoms with Crippen molar-refractivity contribution in [2.75, 3.05) is 20.7 Å². The van der Waals surface area contributed by atoms with Crippen molar-refractivity contribution in [3.63, 3.8) is 0 Å². The molecule has 0 fully saturated rings. The third kappa shape index (κ3) is 3.59. The van der Waals surface area contributed by atoms with Crippen LogP contribution >= 0.6 is 0 Å². The molecule has 2 unspecified atom stereocenters. The van der Waals surface area contributed by atoms with Crippen molar-refractivity contribution >= 4 is 0 Å². The molecule has 0 bridgehead atoms. The van der Waals surface area contributed by atoms with Gasteiger partial charge >= 0.3 is 0 Å². The van der Waals surface area contributed by atoms with E-state index in [2.05, 4.69) is 5.32 Å². The second-order valence-electron chi connectivity index (χ2n) is 3.83. The average molecular weight is 241 g/mol. The number of benzene rings is 1. The Hall–Kier alpha value is -1.30. The van der Waals surface area contributed by atoms with Crippen LogP contribution in [0.15, 0.2) is 18.2 Å². The van der Waals surface area contributed by atoms with Crippen LogP contribution in [-0.2, 0) is 0 Å². The molecule has 0 aromatic heterocycles. The first-order valence-electron chi connectivity index (χ1n) is 5.47. The molecular weight excluding hydrogens is 222 g/mol. The lowest BCUT2D eigenvalue weighted by Crippen LogP contribution is -2.23. The van der Waals surface area contributed by atoms with Gasteiger partial charge in [-0.2, -0.15) is 0 Å². The maximum atomic E-state index is 9.92.